The van der Waals surface area contributed by atoms with E-state index in [0.717, 1.165) is 18.3 Å². The number of nitrogens with two attached hydrogens (primary N) is 1. The van der Waals surface area contributed by atoms with E-state index in [1.54, 1.807) is 4.57 Å². The van der Waals surface area contributed by atoms with E-state index >= 15 is 0 Å². The Morgan fingerprint density at radius 2 is 1.76 bits per heavy atom. The van der Waals surface area contributed by atoms with Crippen molar-refractivity contribution >= 4 is 28.7 Å². The second-order valence-electron chi connectivity index (χ2n) is 9.11. The molecule has 0 spiro atoms. The summed E-state index contributed by atoms with van der Waals surface area (Å²) in [7, 11) is 0. The van der Waals surface area contributed by atoms with Crippen LogP contribution in [0.5, 0.6) is 0 Å². The van der Waals surface area contributed by atoms with E-state index in [2.05, 4.69) is 25.6 Å². The first-order valence-corrected chi connectivity index (χ1v) is 13.0. The lowest BCUT2D eigenvalue weighted by Gasteiger charge is -2.28. The maximum Gasteiger partial charge on any atom is 0.416 e. The number of carbonyl (C=O) groups excluding carboxylic acids is 1. The van der Waals surface area contributed by atoms with Crippen LogP contribution >= 0.6 is 0 Å². The van der Waals surface area contributed by atoms with Crippen LogP contribution in [0.1, 0.15) is 61.5 Å². The molecule has 1 amide bonds. The van der Waals surface area contributed by atoms with Crippen LogP contribution < -0.4 is 22.1 Å². The number of fused-ring (bicyclic) bond motifs is 1. The highest BCUT2D eigenvalue weighted by molar-refractivity contribution is 6.03. The Morgan fingerprint density at radius 1 is 1.07 bits per heavy atom. The first-order valence-electron chi connectivity index (χ1n) is 13.0. The number of pyridine rings is 1. The summed E-state index contributed by atoms with van der Waals surface area (Å²) >= 11 is 0. The molecule has 14 heteroatoms. The molecule has 0 aliphatic heterocycles. The van der Waals surface area contributed by atoms with Crippen LogP contribution in [0.4, 0.5) is 24.8 Å². The average molecular weight is 568 g/mol. The molecule has 5 rings (SSSR count). The predicted molar refractivity (Wildman–Crippen MR) is 146 cm³/mol. The molecular weight excluding hydrogens is 539 g/mol. The van der Waals surface area contributed by atoms with Gasteiger partial charge in [0.2, 0.25) is 0 Å². The fraction of sp³-hybridized carbons (Fsp3) is 0.333. The number of amides is 1. The SMILES string of the molecule is CC.N#CNC1CCC(n2c(=O)n(-c3ccc(C(=O)Nc4cc(C(F)(F)F)ccn4)cc3)c3c(N)ncnc32)CC1. The highest BCUT2D eigenvalue weighted by atomic mass is 19.4. The van der Waals surface area contributed by atoms with Crippen molar-refractivity contribution in [2.45, 2.75) is 57.8 Å². The minimum absolute atomic E-state index is 0.0554. The topological polar surface area (TPSA) is 157 Å². The molecule has 11 nitrogen and oxygen atoms in total. The number of nitrogens with zero attached hydrogens (tertiary/aromatic N) is 6. The number of imidazole rings is 1. The van der Waals surface area contributed by atoms with Crippen LogP contribution in [0.3, 0.4) is 0 Å². The van der Waals surface area contributed by atoms with Gasteiger partial charge in [0.1, 0.15) is 17.7 Å². The minimum atomic E-state index is -4.57. The molecule has 3 aromatic heterocycles. The van der Waals surface area contributed by atoms with Crippen molar-refractivity contribution in [1.82, 2.24) is 29.4 Å². The van der Waals surface area contributed by atoms with E-state index in [4.69, 9.17) is 11.0 Å². The number of anilines is 2. The maximum atomic E-state index is 13.7. The summed E-state index contributed by atoms with van der Waals surface area (Å²) in [4.78, 5) is 38.5. The Balaban J connectivity index is 0.00000189. The third kappa shape index (κ3) is 5.98. The molecule has 214 valence electrons. The smallest absolute Gasteiger partial charge is 0.382 e. The number of nitrogen functional groups attached to an aromatic ring is 1. The molecule has 4 aromatic rings. The number of halogens is 3. The third-order valence-electron chi connectivity index (χ3n) is 6.73. The average Bonchev–Trinajstić information content (AvgIpc) is 3.27. The van der Waals surface area contributed by atoms with E-state index in [1.807, 2.05) is 20.0 Å². The molecule has 3 heterocycles. The van der Waals surface area contributed by atoms with Crippen molar-refractivity contribution in [2.75, 3.05) is 11.1 Å². The zero-order chi connectivity index (χ0) is 29.7. The number of carbonyl (C=O) groups is 1. The van der Waals surface area contributed by atoms with E-state index in [9.17, 15) is 22.8 Å². The van der Waals surface area contributed by atoms with E-state index in [1.165, 1.54) is 35.2 Å². The number of hydrogen-bond donors (Lipinski definition) is 3. The molecule has 1 aliphatic carbocycles. The first-order chi connectivity index (χ1) is 19.7. The molecular formula is C27H28F3N9O2. The van der Waals surface area contributed by atoms with E-state index in [0.29, 0.717) is 42.5 Å². The molecule has 1 aliphatic rings. The van der Waals surface area contributed by atoms with Gasteiger partial charge in [0, 0.05) is 23.8 Å². The second kappa shape index (κ2) is 12.1. The summed E-state index contributed by atoms with van der Waals surface area (Å²) in [5, 5.41) is 14.0. The standard InChI is InChI=1S/C25H22F3N9O2.C2H6/c26-25(27,28)15-9-10-31-19(11-15)35-23(38)14-1-5-17(6-2-14)36-20-21(30)33-13-34-22(20)37(24(36)39)18-7-3-16(4-8-18)32-12-29;1-2/h1-2,5-6,9-11,13,16,18,32H,3-4,7-8H2,(H2,30,33,34)(H,31,35,38);1-2H3. The van der Waals surface area contributed by atoms with Crippen LogP contribution in [-0.2, 0) is 6.18 Å². The Bertz CT molecular complexity index is 1630. The molecule has 0 radical (unpaired) electrons. The Kier molecular flexibility index (Phi) is 8.56. The Morgan fingerprint density at radius 3 is 2.39 bits per heavy atom. The van der Waals surface area contributed by atoms with Gasteiger partial charge in [0.05, 0.1) is 11.3 Å². The van der Waals surface area contributed by atoms with Crippen LogP contribution in [0.25, 0.3) is 16.9 Å². The molecule has 4 N–H and O–H groups in total. The molecule has 0 bridgehead atoms. The lowest BCUT2D eigenvalue weighted by molar-refractivity contribution is -0.137. The lowest BCUT2D eigenvalue weighted by Crippen LogP contribution is -2.34. The number of aromatic nitrogens is 5. The number of benzene rings is 1. The van der Waals surface area contributed by atoms with Crippen molar-refractivity contribution < 1.29 is 18.0 Å². The van der Waals surface area contributed by atoms with Gasteiger partial charge in [-0.2, -0.15) is 18.4 Å². The molecule has 1 aromatic carbocycles. The van der Waals surface area contributed by atoms with E-state index in [-0.39, 0.29) is 35.0 Å². The predicted octanol–water partition coefficient (Wildman–Crippen LogP) is 4.41. The summed E-state index contributed by atoms with van der Waals surface area (Å²) < 4.78 is 41.9. The maximum absolute atomic E-state index is 13.7. The van der Waals surface area contributed by atoms with Gasteiger partial charge in [0.15, 0.2) is 17.7 Å². The highest BCUT2D eigenvalue weighted by Gasteiger charge is 2.31. The van der Waals surface area contributed by atoms with E-state index < -0.39 is 17.6 Å². The Hall–Kier alpha value is -4.93. The van der Waals surface area contributed by atoms with Crippen molar-refractivity contribution in [1.29, 1.82) is 5.26 Å². The largest absolute Gasteiger partial charge is 0.416 e. The molecule has 0 unspecified atom stereocenters. The van der Waals surface area contributed by atoms with Gasteiger partial charge in [-0.3, -0.25) is 13.9 Å². The summed E-state index contributed by atoms with van der Waals surface area (Å²) in [5.74, 6) is -0.815. The normalized spacial score (nSPS) is 16.8. The molecule has 0 saturated heterocycles. The van der Waals surface area contributed by atoms with Gasteiger partial charge < -0.3 is 16.4 Å². The number of nitriles is 1. The Labute approximate surface area is 232 Å². The summed E-state index contributed by atoms with van der Waals surface area (Å²) in [6.45, 7) is 4.00. The quantitative estimate of drug-likeness (QED) is 0.236. The van der Waals surface area contributed by atoms with Gasteiger partial charge in [0.25, 0.3) is 5.91 Å². The van der Waals surface area contributed by atoms with Crippen molar-refractivity contribution in [2.24, 2.45) is 0 Å². The second-order valence-corrected chi connectivity index (χ2v) is 9.11. The number of rotatable bonds is 5. The van der Waals surface area contributed by atoms with Crippen LogP contribution in [0.15, 0.2) is 53.7 Å². The monoisotopic (exact) mass is 567 g/mol. The van der Waals surface area contributed by atoms with Crippen molar-refractivity contribution in [3.8, 4) is 11.9 Å². The van der Waals surface area contributed by atoms with Gasteiger partial charge in [-0.15, -0.1) is 0 Å². The molecule has 1 saturated carbocycles. The van der Waals surface area contributed by atoms with Gasteiger partial charge in [-0.1, -0.05) is 13.8 Å². The highest BCUT2D eigenvalue weighted by Crippen LogP contribution is 2.32. The first kappa shape index (κ1) is 29.1. The van der Waals surface area contributed by atoms with Gasteiger partial charge in [-0.25, -0.2) is 19.7 Å². The lowest BCUT2D eigenvalue weighted by atomic mass is 9.91. The summed E-state index contributed by atoms with van der Waals surface area (Å²) in [6.07, 6.45) is 2.37. The molecule has 0 atom stereocenters. The van der Waals surface area contributed by atoms with Crippen molar-refractivity contribution in [3.63, 3.8) is 0 Å². The number of alkyl halides is 3. The van der Waals surface area contributed by atoms with Crippen LogP contribution in [0, 0.1) is 11.5 Å². The fourth-order valence-corrected chi connectivity index (χ4v) is 4.83. The molecule has 1 fully saturated rings. The fourth-order valence-electron chi connectivity index (χ4n) is 4.83. The van der Waals surface area contributed by atoms with Gasteiger partial charge >= 0.3 is 11.9 Å². The van der Waals surface area contributed by atoms with Crippen molar-refractivity contribution in [3.05, 3.63) is 70.5 Å². The zero-order valence-corrected chi connectivity index (χ0v) is 22.3. The molecule has 41 heavy (non-hydrogen) atoms. The van der Waals surface area contributed by atoms with Gasteiger partial charge in [-0.05, 0) is 62.1 Å². The number of hydrogen-bond acceptors (Lipinski definition) is 8. The van der Waals surface area contributed by atoms with Crippen LogP contribution in [0.2, 0.25) is 0 Å². The zero-order valence-electron chi connectivity index (χ0n) is 22.3. The van der Waals surface area contributed by atoms with Crippen LogP contribution in [-0.4, -0.2) is 36.0 Å². The third-order valence-corrected chi connectivity index (χ3v) is 6.73. The minimum Gasteiger partial charge on any atom is -0.382 e. The number of nitrogens with one attached hydrogen (secondary N) is 2. The summed E-state index contributed by atoms with van der Waals surface area (Å²) in [6, 6.07) is 7.38. The summed E-state index contributed by atoms with van der Waals surface area (Å²) in [5.41, 5.74) is 6.08.